The third kappa shape index (κ3) is 4.21. The number of hydrogen-bond acceptors (Lipinski definition) is 3. The van der Waals surface area contributed by atoms with Crippen LogP contribution < -0.4 is 4.72 Å². The lowest BCUT2D eigenvalue weighted by molar-refractivity contribution is 0.582. The zero-order chi connectivity index (χ0) is 15.6. The van der Waals surface area contributed by atoms with E-state index in [1.54, 1.807) is 11.3 Å². The van der Waals surface area contributed by atoms with Crippen LogP contribution >= 0.6 is 50.5 Å². The molecule has 0 radical (unpaired) electrons. The highest BCUT2D eigenvalue weighted by Crippen LogP contribution is 2.32. The van der Waals surface area contributed by atoms with Gasteiger partial charge in [-0.3, -0.25) is 0 Å². The summed E-state index contributed by atoms with van der Waals surface area (Å²) >= 11 is 16.8. The SMILES string of the molecule is CCc1ccc(CNS(=O)(=O)c2c(Cl)cc(Br)cc2Cl)s1. The Kier molecular flexibility index (Phi) is 5.73. The average Bonchev–Trinajstić information content (AvgIpc) is 2.82. The summed E-state index contributed by atoms with van der Waals surface area (Å²) in [4.78, 5) is 2.06. The minimum Gasteiger partial charge on any atom is -0.207 e. The van der Waals surface area contributed by atoms with Crippen molar-refractivity contribution in [3.8, 4) is 0 Å². The van der Waals surface area contributed by atoms with Crippen LogP contribution in [0.1, 0.15) is 16.7 Å². The Morgan fingerprint density at radius 1 is 1.19 bits per heavy atom. The summed E-state index contributed by atoms with van der Waals surface area (Å²) in [5, 5.41) is 0.171. The van der Waals surface area contributed by atoms with Gasteiger partial charge in [0.1, 0.15) is 4.90 Å². The fourth-order valence-corrected chi connectivity index (χ4v) is 5.66. The van der Waals surface area contributed by atoms with E-state index < -0.39 is 10.0 Å². The van der Waals surface area contributed by atoms with Gasteiger partial charge in [0.25, 0.3) is 0 Å². The van der Waals surface area contributed by atoms with Crippen LogP contribution in [0.5, 0.6) is 0 Å². The molecule has 0 fully saturated rings. The van der Waals surface area contributed by atoms with E-state index in [1.807, 2.05) is 12.1 Å². The van der Waals surface area contributed by atoms with Crippen LogP contribution in [0.25, 0.3) is 0 Å². The maximum absolute atomic E-state index is 12.3. The normalized spacial score (nSPS) is 11.8. The van der Waals surface area contributed by atoms with E-state index >= 15 is 0 Å². The molecule has 3 nitrogen and oxygen atoms in total. The molecule has 0 atom stereocenters. The first kappa shape index (κ1) is 17.2. The fraction of sp³-hybridized carbons (Fsp3) is 0.231. The first-order chi connectivity index (χ1) is 9.83. The Labute approximate surface area is 146 Å². The summed E-state index contributed by atoms with van der Waals surface area (Å²) in [7, 11) is -3.76. The monoisotopic (exact) mass is 427 g/mol. The van der Waals surface area contributed by atoms with Crippen molar-refractivity contribution in [3.05, 3.63) is 48.5 Å². The molecule has 114 valence electrons. The topological polar surface area (TPSA) is 46.2 Å². The van der Waals surface area contributed by atoms with Crippen molar-refractivity contribution < 1.29 is 8.42 Å². The molecule has 1 heterocycles. The van der Waals surface area contributed by atoms with Crippen molar-refractivity contribution in [1.29, 1.82) is 0 Å². The molecule has 0 saturated carbocycles. The molecule has 0 spiro atoms. The zero-order valence-corrected chi connectivity index (χ0v) is 15.7. The van der Waals surface area contributed by atoms with E-state index in [0.29, 0.717) is 4.47 Å². The molecule has 1 aromatic heterocycles. The van der Waals surface area contributed by atoms with Gasteiger partial charge in [-0.15, -0.1) is 11.3 Å². The van der Waals surface area contributed by atoms with E-state index in [0.717, 1.165) is 11.3 Å². The second-order valence-electron chi connectivity index (χ2n) is 4.24. The molecule has 0 aliphatic carbocycles. The number of hydrogen-bond donors (Lipinski definition) is 1. The summed E-state index contributed by atoms with van der Waals surface area (Å²) in [5.74, 6) is 0. The summed E-state index contributed by atoms with van der Waals surface area (Å²) in [6.45, 7) is 2.27. The maximum Gasteiger partial charge on any atom is 0.243 e. The Balaban J connectivity index is 2.23. The van der Waals surface area contributed by atoms with Crippen molar-refractivity contribution in [2.75, 3.05) is 0 Å². The summed E-state index contributed by atoms with van der Waals surface area (Å²) in [6, 6.07) is 6.91. The number of sulfonamides is 1. The predicted molar refractivity (Wildman–Crippen MR) is 91.9 cm³/mol. The molecular weight excluding hydrogens is 417 g/mol. The van der Waals surface area contributed by atoms with Crippen molar-refractivity contribution in [3.63, 3.8) is 0 Å². The number of halogens is 3. The molecule has 0 aliphatic rings. The molecule has 0 bridgehead atoms. The maximum atomic E-state index is 12.3. The highest BCUT2D eigenvalue weighted by atomic mass is 79.9. The van der Waals surface area contributed by atoms with Gasteiger partial charge < -0.3 is 0 Å². The summed E-state index contributed by atoms with van der Waals surface area (Å²) < 4.78 is 27.8. The van der Waals surface area contributed by atoms with Crippen LogP contribution in [0, 0.1) is 0 Å². The van der Waals surface area contributed by atoms with Gasteiger partial charge in [0.15, 0.2) is 0 Å². The summed E-state index contributed by atoms with van der Waals surface area (Å²) in [5.41, 5.74) is 0. The largest absolute Gasteiger partial charge is 0.243 e. The second kappa shape index (κ2) is 6.98. The predicted octanol–water partition coefficient (Wildman–Crippen LogP) is 4.86. The lowest BCUT2D eigenvalue weighted by atomic mass is 10.4. The van der Waals surface area contributed by atoms with E-state index in [-0.39, 0.29) is 21.5 Å². The molecule has 0 saturated heterocycles. The third-order valence-corrected chi connectivity index (χ3v) is 6.74. The zero-order valence-electron chi connectivity index (χ0n) is 11.0. The lowest BCUT2D eigenvalue weighted by Crippen LogP contribution is -2.23. The third-order valence-electron chi connectivity index (χ3n) is 2.73. The molecule has 0 amide bonds. The number of nitrogens with one attached hydrogen (secondary N) is 1. The van der Waals surface area contributed by atoms with E-state index in [1.165, 1.54) is 17.0 Å². The van der Waals surface area contributed by atoms with Gasteiger partial charge in [-0.25, -0.2) is 13.1 Å². The molecular formula is C13H12BrCl2NO2S2. The fourth-order valence-electron chi connectivity index (χ4n) is 1.73. The highest BCUT2D eigenvalue weighted by Gasteiger charge is 2.22. The van der Waals surface area contributed by atoms with Gasteiger partial charge in [-0.2, -0.15) is 0 Å². The quantitative estimate of drug-likeness (QED) is 0.738. The number of benzene rings is 1. The Hall–Kier alpha value is -0.110. The molecule has 0 unspecified atom stereocenters. The highest BCUT2D eigenvalue weighted by molar-refractivity contribution is 9.10. The number of thiophene rings is 1. The minimum absolute atomic E-state index is 0.0855. The van der Waals surface area contributed by atoms with Gasteiger partial charge >= 0.3 is 0 Å². The van der Waals surface area contributed by atoms with Gasteiger partial charge in [0, 0.05) is 20.8 Å². The van der Waals surface area contributed by atoms with Crippen LogP contribution in [0.4, 0.5) is 0 Å². The second-order valence-corrected chi connectivity index (χ2v) is 8.93. The first-order valence-corrected chi connectivity index (χ1v) is 9.90. The Morgan fingerprint density at radius 2 is 1.76 bits per heavy atom. The molecule has 1 N–H and O–H groups in total. The number of aryl methyl sites for hydroxylation is 1. The lowest BCUT2D eigenvalue weighted by Gasteiger charge is -2.10. The van der Waals surface area contributed by atoms with Crippen LogP contribution in [-0.2, 0) is 23.0 Å². The Morgan fingerprint density at radius 3 is 2.29 bits per heavy atom. The standard InChI is InChI=1S/C13H12BrCl2NO2S2/c1-2-9-3-4-10(20-9)7-17-21(18,19)13-11(15)5-8(14)6-12(13)16/h3-6,17H,2,7H2,1H3. The molecule has 2 aromatic rings. The van der Waals surface area contributed by atoms with Crippen molar-refractivity contribution in [1.82, 2.24) is 4.72 Å². The van der Waals surface area contributed by atoms with E-state index in [4.69, 9.17) is 23.2 Å². The van der Waals surface area contributed by atoms with Crippen LogP contribution in [0.3, 0.4) is 0 Å². The van der Waals surface area contributed by atoms with Gasteiger partial charge in [0.2, 0.25) is 10.0 Å². The summed E-state index contributed by atoms with van der Waals surface area (Å²) in [6.07, 6.45) is 0.932. The first-order valence-electron chi connectivity index (χ1n) is 6.05. The van der Waals surface area contributed by atoms with E-state index in [9.17, 15) is 8.42 Å². The smallest absolute Gasteiger partial charge is 0.207 e. The molecule has 2 rings (SSSR count). The Bertz CT molecular complexity index is 736. The molecule has 1 aromatic carbocycles. The average molecular weight is 429 g/mol. The molecule has 21 heavy (non-hydrogen) atoms. The number of rotatable bonds is 5. The molecule has 0 aliphatic heterocycles. The minimum atomic E-state index is -3.76. The van der Waals surface area contributed by atoms with Gasteiger partial charge in [-0.1, -0.05) is 46.1 Å². The van der Waals surface area contributed by atoms with Crippen molar-refractivity contribution in [2.45, 2.75) is 24.8 Å². The van der Waals surface area contributed by atoms with Crippen LogP contribution in [0.15, 0.2) is 33.6 Å². The van der Waals surface area contributed by atoms with Crippen molar-refractivity contribution in [2.24, 2.45) is 0 Å². The van der Waals surface area contributed by atoms with Gasteiger partial charge in [-0.05, 0) is 30.7 Å². The van der Waals surface area contributed by atoms with Crippen LogP contribution in [-0.4, -0.2) is 8.42 Å². The molecule has 8 heteroatoms. The van der Waals surface area contributed by atoms with Gasteiger partial charge in [0.05, 0.1) is 10.0 Å². The van der Waals surface area contributed by atoms with E-state index in [2.05, 4.69) is 27.6 Å². The van der Waals surface area contributed by atoms with Crippen molar-refractivity contribution >= 4 is 60.5 Å². The van der Waals surface area contributed by atoms with Crippen LogP contribution in [0.2, 0.25) is 10.0 Å².